The summed E-state index contributed by atoms with van der Waals surface area (Å²) in [5.74, 6) is -3.28. The van der Waals surface area contributed by atoms with Crippen molar-refractivity contribution in [3.8, 4) is 0 Å². The Hall–Kier alpha value is -2.22. The monoisotopic (exact) mass is 309 g/mol. The van der Waals surface area contributed by atoms with Crippen molar-refractivity contribution in [1.29, 1.82) is 0 Å². The molecule has 0 aromatic rings. The first-order chi connectivity index (χ1) is 10.5. The van der Waals surface area contributed by atoms with Gasteiger partial charge in [0.2, 0.25) is 11.8 Å². The van der Waals surface area contributed by atoms with Gasteiger partial charge in [-0.25, -0.2) is 0 Å². The van der Waals surface area contributed by atoms with Gasteiger partial charge in [0.25, 0.3) is 0 Å². The molecule has 2 fully saturated rings. The highest BCUT2D eigenvalue weighted by atomic mass is 16.5. The number of aliphatic carboxylic acids is 1. The summed E-state index contributed by atoms with van der Waals surface area (Å²) in [5.41, 5.74) is 0. The number of hydrogen-bond donors (Lipinski definition) is 1. The average Bonchev–Trinajstić information content (AvgIpc) is 3.14. The quantitative estimate of drug-likeness (QED) is 0.393. The van der Waals surface area contributed by atoms with Crippen LogP contribution in [0.25, 0.3) is 0 Å². The van der Waals surface area contributed by atoms with Crippen LogP contribution in [-0.2, 0) is 28.7 Å². The van der Waals surface area contributed by atoms with Gasteiger partial charge >= 0.3 is 11.9 Å². The molecule has 3 rings (SSSR count). The van der Waals surface area contributed by atoms with E-state index < -0.39 is 23.8 Å². The lowest BCUT2D eigenvalue weighted by Gasteiger charge is -2.17. The number of ether oxygens (including phenoxy) is 2. The maximum Gasteiger partial charge on any atom is 0.306 e. The number of carbonyl (C=O) groups excluding carboxylic acids is 3. The van der Waals surface area contributed by atoms with Crippen LogP contribution in [0.3, 0.4) is 0 Å². The largest absolute Gasteiger partial charge is 0.481 e. The van der Waals surface area contributed by atoms with Crippen LogP contribution in [0.15, 0.2) is 12.2 Å². The van der Waals surface area contributed by atoms with Crippen LogP contribution in [-0.4, -0.2) is 59.1 Å². The molecule has 22 heavy (non-hydrogen) atoms. The van der Waals surface area contributed by atoms with Gasteiger partial charge in [-0.2, -0.15) is 0 Å². The normalized spacial score (nSPS) is 31.7. The third-order valence-corrected chi connectivity index (χ3v) is 4.12. The number of esters is 1. The number of imide groups is 1. The molecule has 4 unspecified atom stereocenters. The van der Waals surface area contributed by atoms with E-state index >= 15 is 0 Å². The van der Waals surface area contributed by atoms with Crippen LogP contribution in [0.2, 0.25) is 0 Å². The second-order valence-corrected chi connectivity index (χ2v) is 5.44. The van der Waals surface area contributed by atoms with Gasteiger partial charge < -0.3 is 14.6 Å². The molecule has 0 spiro atoms. The Balaban J connectivity index is 1.50. The molecule has 2 saturated heterocycles. The number of amides is 2. The Labute approximate surface area is 125 Å². The molecule has 0 aliphatic carbocycles. The molecule has 3 aliphatic heterocycles. The number of nitrogens with zero attached hydrogens (tertiary/aromatic N) is 1. The van der Waals surface area contributed by atoms with Crippen molar-refractivity contribution in [2.75, 3.05) is 13.2 Å². The number of fused-ring (bicyclic) bond motifs is 5. The van der Waals surface area contributed by atoms with E-state index in [2.05, 4.69) is 0 Å². The average molecular weight is 309 g/mol. The van der Waals surface area contributed by atoms with Gasteiger partial charge in [0.05, 0.1) is 43.4 Å². The Kier molecular flexibility index (Phi) is 3.69. The van der Waals surface area contributed by atoms with Gasteiger partial charge in [0.1, 0.15) is 6.61 Å². The van der Waals surface area contributed by atoms with E-state index in [1.165, 1.54) is 0 Å². The van der Waals surface area contributed by atoms with E-state index in [0.717, 1.165) is 4.90 Å². The standard InChI is InChI=1S/C14H15NO7/c16-9(17)3-4-10(18)21-6-5-15-13(19)11-7-1-2-8(22-7)12(11)14(15)20/h1-2,7-8,11-12H,3-6H2,(H,16,17). The minimum atomic E-state index is -1.09. The Morgan fingerprint density at radius 1 is 1.14 bits per heavy atom. The van der Waals surface area contributed by atoms with E-state index in [4.69, 9.17) is 14.6 Å². The molecule has 0 aromatic carbocycles. The molecule has 0 saturated carbocycles. The lowest BCUT2D eigenvalue weighted by molar-refractivity contribution is -0.151. The smallest absolute Gasteiger partial charge is 0.306 e. The summed E-state index contributed by atoms with van der Waals surface area (Å²) in [6.45, 7) is -0.137. The first kappa shape index (κ1) is 14.7. The number of likely N-dealkylation sites (tertiary alicyclic amines) is 1. The van der Waals surface area contributed by atoms with Gasteiger partial charge in [-0.15, -0.1) is 0 Å². The van der Waals surface area contributed by atoms with Crippen molar-refractivity contribution in [3.63, 3.8) is 0 Å². The van der Waals surface area contributed by atoms with Crippen LogP contribution in [0.4, 0.5) is 0 Å². The second kappa shape index (κ2) is 5.53. The molecule has 8 nitrogen and oxygen atoms in total. The van der Waals surface area contributed by atoms with E-state index in [1.807, 2.05) is 0 Å². The first-order valence-corrected chi connectivity index (χ1v) is 7.05. The predicted octanol–water partition coefficient (Wildman–Crippen LogP) is -0.667. The Morgan fingerprint density at radius 2 is 1.73 bits per heavy atom. The third-order valence-electron chi connectivity index (χ3n) is 4.12. The summed E-state index contributed by atoms with van der Waals surface area (Å²) in [4.78, 5) is 47.2. The van der Waals surface area contributed by atoms with Crippen molar-refractivity contribution in [1.82, 2.24) is 4.90 Å². The van der Waals surface area contributed by atoms with Crippen LogP contribution in [0.5, 0.6) is 0 Å². The highest BCUT2D eigenvalue weighted by Gasteiger charge is 2.60. The van der Waals surface area contributed by atoms with Crippen LogP contribution >= 0.6 is 0 Å². The predicted molar refractivity (Wildman–Crippen MR) is 69.3 cm³/mol. The van der Waals surface area contributed by atoms with E-state index in [9.17, 15) is 19.2 Å². The summed E-state index contributed by atoms with van der Waals surface area (Å²) in [6.07, 6.45) is 2.38. The fourth-order valence-corrected chi connectivity index (χ4v) is 3.12. The summed E-state index contributed by atoms with van der Waals surface area (Å²) >= 11 is 0. The van der Waals surface area contributed by atoms with Crippen LogP contribution in [0.1, 0.15) is 12.8 Å². The number of carboxylic acid groups (broad SMARTS) is 1. The summed E-state index contributed by atoms with van der Waals surface area (Å²) in [6, 6.07) is 0. The fraction of sp³-hybridized carbons (Fsp3) is 0.571. The van der Waals surface area contributed by atoms with Gasteiger partial charge in [0, 0.05) is 0 Å². The molecular weight excluding hydrogens is 294 g/mol. The highest BCUT2D eigenvalue weighted by molar-refractivity contribution is 6.06. The molecule has 3 heterocycles. The maximum absolute atomic E-state index is 12.3. The van der Waals surface area contributed by atoms with E-state index in [-0.39, 0.29) is 50.0 Å². The zero-order valence-corrected chi connectivity index (χ0v) is 11.6. The number of carboxylic acids is 1. The molecular formula is C14H15NO7. The summed E-state index contributed by atoms with van der Waals surface area (Å²) in [5, 5.41) is 8.45. The Bertz CT molecular complexity index is 540. The topological polar surface area (TPSA) is 110 Å². The molecule has 2 bridgehead atoms. The summed E-state index contributed by atoms with van der Waals surface area (Å²) < 4.78 is 10.4. The lowest BCUT2D eigenvalue weighted by Crippen LogP contribution is -2.37. The van der Waals surface area contributed by atoms with E-state index in [0.29, 0.717) is 0 Å². The first-order valence-electron chi connectivity index (χ1n) is 7.05. The molecule has 4 atom stereocenters. The molecule has 1 N–H and O–H groups in total. The van der Waals surface area contributed by atoms with Crippen molar-refractivity contribution in [2.45, 2.75) is 25.0 Å². The van der Waals surface area contributed by atoms with Crippen molar-refractivity contribution in [2.24, 2.45) is 11.8 Å². The van der Waals surface area contributed by atoms with Crippen molar-refractivity contribution < 1.29 is 33.8 Å². The number of carbonyl (C=O) groups is 4. The van der Waals surface area contributed by atoms with Crippen molar-refractivity contribution >= 4 is 23.8 Å². The fourth-order valence-electron chi connectivity index (χ4n) is 3.12. The van der Waals surface area contributed by atoms with E-state index in [1.54, 1.807) is 12.2 Å². The zero-order valence-electron chi connectivity index (χ0n) is 11.6. The SMILES string of the molecule is O=C(O)CCC(=O)OCCN1C(=O)C2C3C=CC(O3)C2C1=O. The Morgan fingerprint density at radius 3 is 2.27 bits per heavy atom. The van der Waals surface area contributed by atoms with Gasteiger partial charge in [-0.05, 0) is 0 Å². The highest BCUT2D eigenvalue weighted by Crippen LogP contribution is 2.44. The van der Waals surface area contributed by atoms with Crippen LogP contribution in [0, 0.1) is 11.8 Å². The zero-order chi connectivity index (χ0) is 15.9. The molecule has 8 heteroatoms. The molecule has 118 valence electrons. The summed E-state index contributed by atoms with van der Waals surface area (Å²) in [7, 11) is 0. The van der Waals surface area contributed by atoms with Gasteiger partial charge in [-0.3, -0.25) is 24.1 Å². The lowest BCUT2D eigenvalue weighted by atomic mass is 9.85. The minimum Gasteiger partial charge on any atom is -0.481 e. The number of hydrogen-bond acceptors (Lipinski definition) is 6. The molecule has 0 radical (unpaired) electrons. The number of rotatable bonds is 6. The molecule has 3 aliphatic rings. The second-order valence-electron chi connectivity index (χ2n) is 5.44. The van der Waals surface area contributed by atoms with Crippen molar-refractivity contribution in [3.05, 3.63) is 12.2 Å². The van der Waals surface area contributed by atoms with Gasteiger partial charge in [-0.1, -0.05) is 12.2 Å². The minimum absolute atomic E-state index is 0.0110. The van der Waals surface area contributed by atoms with Crippen LogP contribution < -0.4 is 0 Å². The maximum atomic E-state index is 12.3. The third kappa shape index (κ3) is 2.39. The van der Waals surface area contributed by atoms with Gasteiger partial charge in [0.15, 0.2) is 0 Å². The molecule has 2 amide bonds. The molecule has 0 aromatic heterocycles.